The van der Waals surface area contributed by atoms with Gasteiger partial charge in [0.25, 0.3) is 0 Å². The summed E-state index contributed by atoms with van der Waals surface area (Å²) >= 11 is 0. The maximum atomic E-state index is 12.9. The van der Waals surface area contributed by atoms with Gasteiger partial charge in [-0.05, 0) is 17.7 Å². The van der Waals surface area contributed by atoms with Crippen LogP contribution in [0.2, 0.25) is 0 Å². The molecule has 2 amide bonds. The molecule has 0 fully saturated rings. The molecule has 3 nitrogen and oxygen atoms in total. The molecule has 6 heteroatoms. The summed E-state index contributed by atoms with van der Waals surface area (Å²) in [5, 5.41) is 2.30. The Bertz CT molecular complexity index is 641. The minimum absolute atomic E-state index is 0.250. The Kier molecular flexibility index (Phi) is 4.70. The first-order valence-electron chi connectivity index (χ1n) is 6.60. The van der Waals surface area contributed by atoms with Crippen molar-refractivity contribution in [1.29, 1.82) is 0 Å². The summed E-state index contributed by atoms with van der Waals surface area (Å²) in [5.41, 5.74) is -0.222. The smallest absolute Gasteiger partial charge is 0.323 e. The number of para-hydroxylation sites is 1. The second kappa shape index (κ2) is 6.51. The topological polar surface area (TPSA) is 32.3 Å². The number of amides is 2. The van der Waals surface area contributed by atoms with Crippen LogP contribution in [0.3, 0.4) is 0 Å². The van der Waals surface area contributed by atoms with Crippen molar-refractivity contribution in [1.82, 2.24) is 4.90 Å². The number of rotatable bonds is 3. The number of nitrogens with one attached hydrogen (secondary N) is 1. The number of urea groups is 1. The summed E-state index contributed by atoms with van der Waals surface area (Å²) in [5.74, 6) is 0. The van der Waals surface area contributed by atoms with Crippen LogP contribution in [-0.2, 0) is 12.7 Å². The predicted octanol–water partition coefficient (Wildman–Crippen LogP) is 4.37. The minimum Gasteiger partial charge on any atom is -0.323 e. The molecule has 2 rings (SSSR count). The van der Waals surface area contributed by atoms with Crippen molar-refractivity contribution >= 4 is 11.7 Å². The fourth-order valence-corrected chi connectivity index (χ4v) is 1.98. The Morgan fingerprint density at radius 2 is 1.64 bits per heavy atom. The molecule has 1 N–H and O–H groups in total. The van der Waals surface area contributed by atoms with Crippen LogP contribution in [0.25, 0.3) is 0 Å². The monoisotopic (exact) mass is 308 g/mol. The Labute approximate surface area is 126 Å². The van der Waals surface area contributed by atoms with Crippen LogP contribution >= 0.6 is 0 Å². The Morgan fingerprint density at radius 3 is 2.27 bits per heavy atom. The van der Waals surface area contributed by atoms with Crippen LogP contribution in [0.15, 0.2) is 54.6 Å². The van der Waals surface area contributed by atoms with E-state index in [2.05, 4.69) is 5.32 Å². The fraction of sp³-hybridized carbons (Fsp3) is 0.188. The minimum atomic E-state index is -4.51. The molecule has 2 aromatic carbocycles. The molecule has 0 aliphatic rings. The van der Waals surface area contributed by atoms with Gasteiger partial charge in [0, 0.05) is 13.6 Å². The van der Waals surface area contributed by atoms with E-state index in [1.807, 2.05) is 30.3 Å². The van der Waals surface area contributed by atoms with Gasteiger partial charge in [0.2, 0.25) is 0 Å². The number of carbonyl (C=O) groups is 1. The molecule has 0 aliphatic heterocycles. The third-order valence-corrected chi connectivity index (χ3v) is 3.08. The number of hydrogen-bond donors (Lipinski definition) is 1. The molecule has 116 valence electrons. The average Bonchev–Trinajstić information content (AvgIpc) is 2.47. The quantitative estimate of drug-likeness (QED) is 0.897. The van der Waals surface area contributed by atoms with Crippen molar-refractivity contribution < 1.29 is 18.0 Å². The Hall–Kier alpha value is -2.50. The Balaban J connectivity index is 2.09. The highest BCUT2D eigenvalue weighted by atomic mass is 19.4. The van der Waals surface area contributed by atoms with E-state index >= 15 is 0 Å². The molecule has 0 spiro atoms. The van der Waals surface area contributed by atoms with Gasteiger partial charge >= 0.3 is 12.2 Å². The van der Waals surface area contributed by atoms with Gasteiger partial charge in [0.15, 0.2) is 0 Å². The van der Waals surface area contributed by atoms with Crippen molar-refractivity contribution in [2.24, 2.45) is 0 Å². The summed E-state index contributed by atoms with van der Waals surface area (Å²) in [7, 11) is 1.53. The standard InChI is InChI=1S/C16H15F3N2O/c1-21(11-12-7-3-2-4-8-12)15(22)20-14-10-6-5-9-13(14)16(17,18)19/h2-10H,11H2,1H3,(H,20,22). The molecule has 0 aromatic heterocycles. The third-order valence-electron chi connectivity index (χ3n) is 3.08. The van der Waals surface area contributed by atoms with E-state index in [9.17, 15) is 18.0 Å². The van der Waals surface area contributed by atoms with E-state index in [-0.39, 0.29) is 5.69 Å². The predicted molar refractivity (Wildman–Crippen MR) is 78.4 cm³/mol. The number of hydrogen-bond acceptors (Lipinski definition) is 1. The highest BCUT2D eigenvalue weighted by Gasteiger charge is 2.33. The van der Waals surface area contributed by atoms with Crippen LogP contribution in [0, 0.1) is 0 Å². The first-order valence-corrected chi connectivity index (χ1v) is 6.60. The second-order valence-electron chi connectivity index (χ2n) is 4.82. The number of halogens is 3. The van der Waals surface area contributed by atoms with Crippen LogP contribution in [0.1, 0.15) is 11.1 Å². The van der Waals surface area contributed by atoms with Crippen molar-refractivity contribution in [3.05, 3.63) is 65.7 Å². The molecule has 0 saturated heterocycles. The molecule has 2 aromatic rings. The molecule has 0 heterocycles. The number of carbonyl (C=O) groups excluding carboxylic acids is 1. The Morgan fingerprint density at radius 1 is 1.05 bits per heavy atom. The molecule has 0 saturated carbocycles. The fourth-order valence-electron chi connectivity index (χ4n) is 1.98. The van der Waals surface area contributed by atoms with E-state index in [1.165, 1.54) is 30.1 Å². The molecule has 0 unspecified atom stereocenters. The maximum absolute atomic E-state index is 12.9. The van der Waals surface area contributed by atoms with Gasteiger partial charge in [-0.25, -0.2) is 4.79 Å². The van der Waals surface area contributed by atoms with Crippen LogP contribution < -0.4 is 5.32 Å². The van der Waals surface area contributed by atoms with Crippen LogP contribution in [0.4, 0.5) is 23.7 Å². The normalized spacial score (nSPS) is 11.1. The zero-order valence-electron chi connectivity index (χ0n) is 11.9. The van der Waals surface area contributed by atoms with E-state index in [0.29, 0.717) is 6.54 Å². The van der Waals surface area contributed by atoms with E-state index in [1.54, 1.807) is 0 Å². The highest BCUT2D eigenvalue weighted by Crippen LogP contribution is 2.34. The van der Waals surface area contributed by atoms with Gasteiger partial charge in [-0.1, -0.05) is 42.5 Å². The van der Waals surface area contributed by atoms with Crippen LogP contribution in [0.5, 0.6) is 0 Å². The largest absolute Gasteiger partial charge is 0.418 e. The van der Waals surface area contributed by atoms with Gasteiger partial charge in [-0.15, -0.1) is 0 Å². The molecule has 22 heavy (non-hydrogen) atoms. The van der Waals surface area contributed by atoms with E-state index < -0.39 is 17.8 Å². The van der Waals surface area contributed by atoms with E-state index in [0.717, 1.165) is 11.6 Å². The summed E-state index contributed by atoms with van der Waals surface area (Å²) in [6, 6.07) is 13.5. The van der Waals surface area contributed by atoms with Gasteiger partial charge in [0.1, 0.15) is 0 Å². The zero-order valence-corrected chi connectivity index (χ0v) is 11.9. The lowest BCUT2D eigenvalue weighted by molar-refractivity contribution is -0.136. The maximum Gasteiger partial charge on any atom is 0.418 e. The van der Waals surface area contributed by atoms with E-state index in [4.69, 9.17) is 0 Å². The van der Waals surface area contributed by atoms with Gasteiger partial charge in [0.05, 0.1) is 11.3 Å². The highest BCUT2D eigenvalue weighted by molar-refractivity contribution is 5.90. The zero-order chi connectivity index (χ0) is 16.2. The van der Waals surface area contributed by atoms with Crippen molar-refractivity contribution in [3.8, 4) is 0 Å². The number of anilines is 1. The first kappa shape index (κ1) is 15.9. The second-order valence-corrected chi connectivity index (χ2v) is 4.82. The lowest BCUT2D eigenvalue weighted by Crippen LogP contribution is -2.31. The first-order chi connectivity index (χ1) is 10.4. The van der Waals surface area contributed by atoms with Gasteiger partial charge < -0.3 is 10.2 Å². The van der Waals surface area contributed by atoms with Crippen LogP contribution in [-0.4, -0.2) is 18.0 Å². The lowest BCUT2D eigenvalue weighted by atomic mass is 10.1. The lowest BCUT2D eigenvalue weighted by Gasteiger charge is -2.20. The SMILES string of the molecule is CN(Cc1ccccc1)C(=O)Nc1ccccc1C(F)(F)F. The number of benzene rings is 2. The number of nitrogens with zero attached hydrogens (tertiary/aromatic N) is 1. The molecular formula is C16H15F3N2O. The number of alkyl halides is 3. The van der Waals surface area contributed by atoms with Crippen molar-refractivity contribution in [2.75, 3.05) is 12.4 Å². The van der Waals surface area contributed by atoms with Gasteiger partial charge in [-0.3, -0.25) is 0 Å². The summed E-state index contributed by atoms with van der Waals surface area (Å²) in [6.45, 7) is 0.306. The molecule has 0 bridgehead atoms. The summed E-state index contributed by atoms with van der Waals surface area (Å²) in [6.07, 6.45) is -4.51. The van der Waals surface area contributed by atoms with Gasteiger partial charge in [-0.2, -0.15) is 13.2 Å². The average molecular weight is 308 g/mol. The third kappa shape index (κ3) is 4.00. The molecule has 0 atom stereocenters. The molecule has 0 radical (unpaired) electrons. The summed E-state index contributed by atoms with van der Waals surface area (Å²) in [4.78, 5) is 13.4. The van der Waals surface area contributed by atoms with Crippen molar-refractivity contribution in [3.63, 3.8) is 0 Å². The summed E-state index contributed by atoms with van der Waals surface area (Å²) < 4.78 is 38.6. The molecular weight excluding hydrogens is 293 g/mol. The van der Waals surface area contributed by atoms with Crippen molar-refractivity contribution in [2.45, 2.75) is 12.7 Å². The molecule has 0 aliphatic carbocycles.